The largest absolute Gasteiger partial charge is 0.489 e. The van der Waals surface area contributed by atoms with Crippen LogP contribution in [0.2, 0.25) is 0 Å². The van der Waals surface area contributed by atoms with Gasteiger partial charge >= 0.3 is 0 Å². The minimum absolute atomic E-state index is 0.0852. The molecule has 22 heavy (non-hydrogen) atoms. The van der Waals surface area contributed by atoms with Crippen molar-refractivity contribution in [2.45, 2.75) is 56.3 Å². The van der Waals surface area contributed by atoms with Crippen LogP contribution in [0.4, 0.5) is 0 Å². The first-order valence-electron chi connectivity index (χ1n) is 8.22. The minimum Gasteiger partial charge on any atom is -0.489 e. The van der Waals surface area contributed by atoms with E-state index in [9.17, 15) is 8.42 Å². The van der Waals surface area contributed by atoms with E-state index in [0.717, 1.165) is 44.3 Å². The normalized spacial score (nSPS) is 22.5. The zero-order valence-corrected chi connectivity index (χ0v) is 13.7. The molecule has 2 heterocycles. The van der Waals surface area contributed by atoms with Gasteiger partial charge in [0, 0.05) is 19.3 Å². The molecule has 1 saturated heterocycles. The Bertz CT molecular complexity index is 562. The van der Waals surface area contributed by atoms with Gasteiger partial charge < -0.3 is 4.74 Å². The van der Waals surface area contributed by atoms with Gasteiger partial charge in [0.1, 0.15) is 11.9 Å². The summed E-state index contributed by atoms with van der Waals surface area (Å²) >= 11 is 0. The minimum atomic E-state index is -3.12. The summed E-state index contributed by atoms with van der Waals surface area (Å²) in [6.45, 7) is 1.15. The summed E-state index contributed by atoms with van der Waals surface area (Å²) in [5.41, 5.74) is 0. The van der Waals surface area contributed by atoms with Crippen LogP contribution in [0.15, 0.2) is 24.5 Å². The highest BCUT2D eigenvalue weighted by molar-refractivity contribution is 7.89. The molecule has 2 aliphatic rings. The maximum absolute atomic E-state index is 12.7. The molecule has 1 aromatic heterocycles. The smallest absolute Gasteiger partial charge is 0.216 e. The topological polar surface area (TPSA) is 59.5 Å². The molecule has 1 aliphatic carbocycles. The number of piperidine rings is 1. The van der Waals surface area contributed by atoms with Crippen molar-refractivity contribution in [3.8, 4) is 5.75 Å². The van der Waals surface area contributed by atoms with Gasteiger partial charge in [0.25, 0.3) is 0 Å². The molecule has 1 saturated carbocycles. The fraction of sp³-hybridized carbons (Fsp3) is 0.688. The van der Waals surface area contributed by atoms with Crippen LogP contribution < -0.4 is 4.74 Å². The van der Waals surface area contributed by atoms with Gasteiger partial charge in [0.2, 0.25) is 10.0 Å². The van der Waals surface area contributed by atoms with Crippen LogP contribution in [0.1, 0.15) is 44.9 Å². The number of rotatable bonds is 4. The summed E-state index contributed by atoms with van der Waals surface area (Å²) in [6, 6.07) is 3.73. The Morgan fingerprint density at radius 3 is 2.45 bits per heavy atom. The molecule has 0 bridgehead atoms. The summed E-state index contributed by atoms with van der Waals surface area (Å²) < 4.78 is 32.9. The summed E-state index contributed by atoms with van der Waals surface area (Å²) in [5, 5.41) is -0.156. The van der Waals surface area contributed by atoms with Gasteiger partial charge in [0.15, 0.2) is 0 Å². The molecule has 0 aromatic carbocycles. The second-order valence-electron chi connectivity index (χ2n) is 6.21. The molecule has 1 aliphatic heterocycles. The molecule has 1 aromatic rings. The summed E-state index contributed by atoms with van der Waals surface area (Å²) in [5.74, 6) is 0.760. The van der Waals surface area contributed by atoms with Gasteiger partial charge in [-0.3, -0.25) is 4.98 Å². The Morgan fingerprint density at radius 1 is 1.09 bits per heavy atom. The van der Waals surface area contributed by atoms with E-state index in [4.69, 9.17) is 4.74 Å². The zero-order valence-electron chi connectivity index (χ0n) is 12.9. The Kier molecular flexibility index (Phi) is 4.98. The number of sulfonamides is 1. The average Bonchev–Trinajstić information content (AvgIpc) is 2.57. The van der Waals surface area contributed by atoms with E-state index < -0.39 is 10.0 Å². The van der Waals surface area contributed by atoms with Crippen LogP contribution >= 0.6 is 0 Å². The van der Waals surface area contributed by atoms with E-state index >= 15 is 0 Å². The van der Waals surface area contributed by atoms with Gasteiger partial charge in [-0.25, -0.2) is 12.7 Å². The maximum atomic E-state index is 12.7. The number of ether oxygens (including phenoxy) is 1. The van der Waals surface area contributed by atoms with Crippen LogP contribution in [0.5, 0.6) is 5.75 Å². The molecule has 0 radical (unpaired) electrons. The summed E-state index contributed by atoms with van der Waals surface area (Å²) in [4.78, 5) is 4.03. The van der Waals surface area contributed by atoms with E-state index in [2.05, 4.69) is 4.98 Å². The molecule has 0 amide bonds. The van der Waals surface area contributed by atoms with Crippen LogP contribution in [0, 0.1) is 0 Å². The molecule has 5 nitrogen and oxygen atoms in total. The number of aromatic nitrogens is 1. The molecule has 3 rings (SSSR count). The highest BCUT2D eigenvalue weighted by atomic mass is 32.2. The Morgan fingerprint density at radius 2 is 1.82 bits per heavy atom. The van der Waals surface area contributed by atoms with Crippen LogP contribution in [0.3, 0.4) is 0 Å². The third-order valence-electron chi connectivity index (χ3n) is 4.67. The van der Waals surface area contributed by atoms with Crippen molar-refractivity contribution in [2.75, 3.05) is 13.1 Å². The molecule has 0 unspecified atom stereocenters. The average molecular weight is 324 g/mol. The van der Waals surface area contributed by atoms with Crippen molar-refractivity contribution in [1.29, 1.82) is 0 Å². The standard InChI is InChI=1S/C16H24N2O3S/c19-22(20,16-6-2-1-3-7-16)18-11-8-14(9-12-18)21-15-5-4-10-17-13-15/h4-5,10,13-14,16H,1-3,6-9,11-12H2. The van der Waals surface area contributed by atoms with Gasteiger partial charge in [-0.2, -0.15) is 0 Å². The molecule has 2 fully saturated rings. The fourth-order valence-corrected chi connectivity index (χ4v) is 5.46. The first kappa shape index (κ1) is 15.7. The third kappa shape index (κ3) is 3.60. The maximum Gasteiger partial charge on any atom is 0.216 e. The first-order valence-corrected chi connectivity index (χ1v) is 9.72. The number of pyridine rings is 1. The van der Waals surface area contributed by atoms with Crippen molar-refractivity contribution in [3.63, 3.8) is 0 Å². The van der Waals surface area contributed by atoms with Gasteiger partial charge in [0.05, 0.1) is 11.4 Å². The van der Waals surface area contributed by atoms with Crippen molar-refractivity contribution in [1.82, 2.24) is 9.29 Å². The zero-order chi connectivity index (χ0) is 15.4. The Balaban J connectivity index is 1.54. The molecule has 0 atom stereocenters. The number of hydrogen-bond acceptors (Lipinski definition) is 4. The predicted molar refractivity (Wildman–Crippen MR) is 85.3 cm³/mol. The predicted octanol–water partition coefficient (Wildman–Crippen LogP) is 2.59. The van der Waals surface area contributed by atoms with Crippen molar-refractivity contribution >= 4 is 10.0 Å². The van der Waals surface area contributed by atoms with E-state index in [0.29, 0.717) is 13.1 Å². The summed E-state index contributed by atoms with van der Waals surface area (Å²) in [6.07, 6.45) is 9.92. The number of hydrogen-bond donors (Lipinski definition) is 0. The molecular weight excluding hydrogens is 300 g/mol. The van der Waals surface area contributed by atoms with E-state index in [1.807, 2.05) is 12.1 Å². The lowest BCUT2D eigenvalue weighted by atomic mass is 10.0. The lowest BCUT2D eigenvalue weighted by molar-refractivity contribution is 0.134. The molecular formula is C16H24N2O3S. The van der Waals surface area contributed by atoms with Crippen molar-refractivity contribution in [2.24, 2.45) is 0 Å². The third-order valence-corrected chi connectivity index (χ3v) is 7.07. The number of nitrogens with zero attached hydrogens (tertiary/aromatic N) is 2. The molecule has 122 valence electrons. The molecule has 0 N–H and O–H groups in total. The SMILES string of the molecule is O=S(=O)(C1CCCCC1)N1CCC(Oc2cccnc2)CC1. The highest BCUT2D eigenvalue weighted by Gasteiger charge is 2.35. The van der Waals surface area contributed by atoms with Crippen molar-refractivity contribution < 1.29 is 13.2 Å². The first-order chi connectivity index (χ1) is 10.7. The lowest BCUT2D eigenvalue weighted by Crippen LogP contribution is -2.46. The monoisotopic (exact) mass is 324 g/mol. The Hall–Kier alpha value is -1.14. The van der Waals surface area contributed by atoms with Gasteiger partial charge in [-0.05, 0) is 37.8 Å². The summed E-state index contributed by atoms with van der Waals surface area (Å²) in [7, 11) is -3.12. The van der Waals surface area contributed by atoms with E-state index in [1.54, 1.807) is 16.7 Å². The second-order valence-corrected chi connectivity index (χ2v) is 8.42. The quantitative estimate of drug-likeness (QED) is 0.854. The van der Waals surface area contributed by atoms with Crippen molar-refractivity contribution in [3.05, 3.63) is 24.5 Å². The van der Waals surface area contributed by atoms with Crippen LogP contribution in [0.25, 0.3) is 0 Å². The van der Waals surface area contributed by atoms with Crippen LogP contribution in [-0.2, 0) is 10.0 Å². The Labute approximate surface area is 132 Å². The fourth-order valence-electron chi connectivity index (χ4n) is 3.39. The van der Waals surface area contributed by atoms with Crippen LogP contribution in [-0.4, -0.2) is 42.2 Å². The van der Waals surface area contributed by atoms with Gasteiger partial charge in [-0.1, -0.05) is 19.3 Å². The second kappa shape index (κ2) is 6.96. The molecule has 6 heteroatoms. The lowest BCUT2D eigenvalue weighted by Gasteiger charge is -2.34. The molecule has 0 spiro atoms. The van der Waals surface area contributed by atoms with E-state index in [1.165, 1.54) is 6.42 Å². The highest BCUT2D eigenvalue weighted by Crippen LogP contribution is 2.28. The van der Waals surface area contributed by atoms with Gasteiger partial charge in [-0.15, -0.1) is 0 Å². The van der Waals surface area contributed by atoms with E-state index in [-0.39, 0.29) is 11.4 Å².